The van der Waals surface area contributed by atoms with Crippen molar-refractivity contribution in [3.05, 3.63) is 47.6 Å². The third-order valence-electron chi connectivity index (χ3n) is 2.86. The van der Waals surface area contributed by atoms with Crippen molar-refractivity contribution in [2.24, 2.45) is 11.8 Å². The van der Waals surface area contributed by atoms with Gasteiger partial charge in [0.25, 0.3) is 0 Å². The standard InChI is InChI=1S/2C8H11.C2H6Si.Ti/c2*1-3-8-5-4-7(2)6-8;1-3-2;/h2*4,6,8H,3H2,1-2H3;1-2H3;/q2*-1;;+2. The minimum absolute atomic E-state index is 0.120. The SMILES string of the molecule is CCC1[C-]=CC(C)=C1.CCC1[C-]=CC(C)=C1.C[Si](C)=[Ti+2]. The van der Waals surface area contributed by atoms with Crippen molar-refractivity contribution >= 4 is 6.19 Å². The molecule has 0 saturated heterocycles. The van der Waals surface area contributed by atoms with E-state index in [1.807, 2.05) is 0 Å². The van der Waals surface area contributed by atoms with Gasteiger partial charge < -0.3 is 0 Å². The zero-order valence-corrected chi connectivity index (χ0v) is 16.4. The summed E-state index contributed by atoms with van der Waals surface area (Å²) in [6.07, 6.45) is 17.6. The van der Waals surface area contributed by atoms with Crippen LogP contribution in [0.3, 0.4) is 0 Å². The molecule has 0 N–H and O–H groups in total. The molecule has 0 bridgehead atoms. The maximum absolute atomic E-state index is 3.24. The summed E-state index contributed by atoms with van der Waals surface area (Å²) in [5.74, 6) is 1.21. The van der Waals surface area contributed by atoms with Crippen LogP contribution >= 0.6 is 0 Å². The molecule has 0 amide bonds. The summed E-state index contributed by atoms with van der Waals surface area (Å²) >= 11 is 2.27. The van der Waals surface area contributed by atoms with Gasteiger partial charge >= 0.3 is 38.5 Å². The van der Waals surface area contributed by atoms with Gasteiger partial charge in [0.1, 0.15) is 0 Å². The molecule has 2 aliphatic rings. The van der Waals surface area contributed by atoms with Crippen LogP contribution in [0.5, 0.6) is 0 Å². The molecule has 0 aliphatic heterocycles. The third-order valence-corrected chi connectivity index (χ3v) is 2.86. The van der Waals surface area contributed by atoms with E-state index in [1.165, 1.54) is 24.0 Å². The molecule has 108 valence electrons. The Bertz CT molecular complexity index is 375. The van der Waals surface area contributed by atoms with Gasteiger partial charge in [0.05, 0.1) is 0 Å². The second-order valence-electron chi connectivity index (χ2n) is 5.47. The number of allylic oxidation sites excluding steroid dienone is 8. The van der Waals surface area contributed by atoms with Crippen LogP contribution in [0.15, 0.2) is 35.5 Å². The van der Waals surface area contributed by atoms with Gasteiger partial charge in [-0.15, -0.1) is 13.8 Å². The van der Waals surface area contributed by atoms with Crippen molar-refractivity contribution in [1.29, 1.82) is 0 Å². The predicted molar refractivity (Wildman–Crippen MR) is 88.2 cm³/mol. The van der Waals surface area contributed by atoms with Crippen molar-refractivity contribution in [2.75, 3.05) is 0 Å². The van der Waals surface area contributed by atoms with Crippen molar-refractivity contribution in [3.63, 3.8) is 0 Å². The molecule has 0 spiro atoms. The fourth-order valence-corrected chi connectivity index (χ4v) is 1.78. The Balaban J connectivity index is 0.000000289. The zero-order valence-electron chi connectivity index (χ0n) is 13.9. The fourth-order valence-electron chi connectivity index (χ4n) is 1.78. The van der Waals surface area contributed by atoms with Crippen LogP contribution in [-0.4, -0.2) is 6.19 Å². The van der Waals surface area contributed by atoms with Gasteiger partial charge in [0.15, 0.2) is 0 Å². The first-order valence-electron chi connectivity index (χ1n) is 7.46. The predicted octanol–water partition coefficient (Wildman–Crippen LogP) is 5.45. The molecule has 0 aromatic rings. The van der Waals surface area contributed by atoms with Gasteiger partial charge in [-0.05, 0) is 0 Å². The van der Waals surface area contributed by atoms with Crippen LogP contribution in [0.1, 0.15) is 40.5 Å². The Hall–Kier alpha value is -0.109. The second kappa shape index (κ2) is 11.5. The van der Waals surface area contributed by atoms with Crippen molar-refractivity contribution < 1.29 is 19.2 Å². The van der Waals surface area contributed by atoms with Gasteiger partial charge in [0, 0.05) is 0 Å². The van der Waals surface area contributed by atoms with E-state index in [0.29, 0.717) is 11.8 Å². The van der Waals surface area contributed by atoms with Crippen molar-refractivity contribution in [2.45, 2.75) is 53.6 Å². The molecule has 2 atom stereocenters. The molecule has 0 nitrogen and oxygen atoms in total. The molecule has 2 unspecified atom stereocenters. The molecular weight excluding hydrogens is 292 g/mol. The van der Waals surface area contributed by atoms with Crippen LogP contribution in [0.2, 0.25) is 13.1 Å². The van der Waals surface area contributed by atoms with E-state index >= 15 is 0 Å². The summed E-state index contributed by atoms with van der Waals surface area (Å²) in [4.78, 5) is 0. The summed E-state index contributed by atoms with van der Waals surface area (Å²) in [7, 11) is 0. The first kappa shape index (κ1) is 19.9. The van der Waals surface area contributed by atoms with Crippen molar-refractivity contribution in [3.8, 4) is 0 Å². The van der Waals surface area contributed by atoms with Crippen LogP contribution in [-0.2, 0) is 19.2 Å². The van der Waals surface area contributed by atoms with E-state index in [9.17, 15) is 0 Å². The van der Waals surface area contributed by atoms with E-state index in [0.717, 1.165) is 0 Å². The topological polar surface area (TPSA) is 0 Å². The van der Waals surface area contributed by atoms with Gasteiger partial charge in [0.2, 0.25) is 0 Å². The summed E-state index contributed by atoms with van der Waals surface area (Å²) < 4.78 is 0. The maximum atomic E-state index is 3.24. The van der Waals surface area contributed by atoms with E-state index < -0.39 is 0 Å². The summed E-state index contributed by atoms with van der Waals surface area (Å²) in [6.45, 7) is 13.1. The molecular formula is C18H28SiTi. The van der Waals surface area contributed by atoms with E-state index in [2.05, 4.69) is 96.4 Å². The quantitative estimate of drug-likeness (QED) is 0.469. The van der Waals surface area contributed by atoms with Crippen LogP contribution in [0, 0.1) is 24.0 Å². The molecule has 20 heavy (non-hydrogen) atoms. The fraction of sp³-hybridized carbons (Fsp3) is 0.556. The Morgan fingerprint density at radius 2 is 1.25 bits per heavy atom. The van der Waals surface area contributed by atoms with Crippen LogP contribution in [0.25, 0.3) is 0 Å². The summed E-state index contributed by atoms with van der Waals surface area (Å²) in [5.41, 5.74) is 2.72. The third kappa shape index (κ3) is 10.7. The molecule has 0 saturated carbocycles. The van der Waals surface area contributed by atoms with Crippen molar-refractivity contribution in [1.82, 2.24) is 0 Å². The van der Waals surface area contributed by atoms with Crippen LogP contribution < -0.4 is 0 Å². The molecule has 0 aromatic carbocycles. The van der Waals surface area contributed by atoms with Gasteiger partial charge in [-0.1, -0.05) is 38.5 Å². The van der Waals surface area contributed by atoms with Gasteiger partial charge in [-0.3, -0.25) is 12.2 Å². The first-order valence-corrected chi connectivity index (χ1v) is 12.3. The Morgan fingerprint density at radius 1 is 0.950 bits per heavy atom. The Labute approximate surface area is 138 Å². The average Bonchev–Trinajstić information content (AvgIpc) is 2.97. The normalized spacial score (nSPS) is 22.4. The monoisotopic (exact) mass is 320 g/mol. The number of rotatable bonds is 2. The molecule has 0 fully saturated rings. The molecule has 2 rings (SSSR count). The molecule has 0 radical (unpaired) electrons. The molecule has 0 heterocycles. The van der Waals surface area contributed by atoms with Gasteiger partial charge in [-0.2, -0.15) is 12.2 Å². The summed E-state index contributed by atoms with van der Waals surface area (Å²) in [5, 5.41) is 0. The van der Waals surface area contributed by atoms with E-state index in [-0.39, 0.29) is 6.19 Å². The first-order chi connectivity index (χ1) is 9.38. The van der Waals surface area contributed by atoms with E-state index in [4.69, 9.17) is 0 Å². The Kier molecular flexibility index (Phi) is 11.5. The summed E-state index contributed by atoms with van der Waals surface area (Å²) in [6, 6.07) is 0. The Morgan fingerprint density at radius 3 is 1.35 bits per heavy atom. The van der Waals surface area contributed by atoms with Crippen LogP contribution in [0.4, 0.5) is 0 Å². The number of hydrogen-bond donors (Lipinski definition) is 0. The second-order valence-corrected chi connectivity index (χ2v) is 12.2. The minimum atomic E-state index is 0.120. The molecule has 2 aliphatic carbocycles. The zero-order chi connectivity index (χ0) is 15.5. The van der Waals surface area contributed by atoms with E-state index in [1.54, 1.807) is 0 Å². The average molecular weight is 320 g/mol. The molecule has 2 heteroatoms. The van der Waals surface area contributed by atoms with Gasteiger partial charge in [-0.25, -0.2) is 23.3 Å². The molecule has 0 aromatic heterocycles. The number of hydrogen-bond acceptors (Lipinski definition) is 0.